The number of aliphatic carboxylic acids is 1. The van der Waals surface area contributed by atoms with Crippen LogP contribution in [0, 0.1) is 0 Å². The molecule has 1 aliphatic heterocycles. The van der Waals surface area contributed by atoms with Gasteiger partial charge in [0.05, 0.1) is 40.6 Å². The van der Waals surface area contributed by atoms with Gasteiger partial charge < -0.3 is 39.9 Å². The zero-order chi connectivity index (χ0) is 39.2. The van der Waals surface area contributed by atoms with E-state index >= 15 is 0 Å². The quantitative estimate of drug-likeness (QED) is 0.0922. The average molecular weight is 738 g/mol. The number of pyridine rings is 1. The molecule has 54 heavy (non-hydrogen) atoms. The number of aromatic nitrogens is 1. The number of ether oxygens (including phenoxy) is 1. The van der Waals surface area contributed by atoms with Gasteiger partial charge in [-0.15, -0.1) is 0 Å². The van der Waals surface area contributed by atoms with Gasteiger partial charge in [-0.3, -0.25) is 33.6 Å². The topological polar surface area (TPSA) is 247 Å². The summed E-state index contributed by atoms with van der Waals surface area (Å²) < 4.78 is 6.59. The number of carboxylic acids is 1. The molecule has 16 nitrogen and oxygen atoms in total. The first-order valence-corrected chi connectivity index (χ1v) is 16.8. The number of carboxylic acid groups (broad SMARTS) is 1. The van der Waals surface area contributed by atoms with Crippen LogP contribution in [0.2, 0.25) is 0 Å². The van der Waals surface area contributed by atoms with Gasteiger partial charge in [0, 0.05) is 32.6 Å². The number of nitrogens with one attached hydrogen (secondary N) is 1. The van der Waals surface area contributed by atoms with Gasteiger partial charge in [-0.1, -0.05) is 13.8 Å². The smallest absolute Gasteiger partial charge is 0.328 e. The second-order valence-corrected chi connectivity index (χ2v) is 13.4. The standard InChI is InChI=1S/C38H31N3O13/c1-5-13(2)19-10-17-25(37(51)41(19)12-22(44)40-11-18(38(52)53)39-36(50)14(40)3)31(46)23-15(30(17)45)6-7-16-24(23)32(47)28-29(35(16)54-4)34(49)27-21(43)9-8-20(42)26(27)33(28)48/h6-10,13-14,18,45,48-49H,5,11-12H2,1-4H3,(H,39,50)(H,52,53)/t13-,14-,18-/m0/s1. The lowest BCUT2D eigenvalue weighted by Crippen LogP contribution is -2.63. The average Bonchev–Trinajstić information content (AvgIpc) is 3.14. The Balaban J connectivity index is 1.59. The minimum absolute atomic E-state index is 0.102. The molecule has 1 aliphatic rings. The van der Waals surface area contributed by atoms with E-state index < -0.39 is 131 Å². The Bertz CT molecular complexity index is 3000. The van der Waals surface area contributed by atoms with Crippen molar-refractivity contribution in [3.05, 3.63) is 87.3 Å². The Kier molecular flexibility index (Phi) is 8.16. The second kappa shape index (κ2) is 12.4. The minimum Gasteiger partial charge on any atom is -0.507 e. The summed E-state index contributed by atoms with van der Waals surface area (Å²) in [7, 11) is 1.17. The largest absolute Gasteiger partial charge is 0.507 e. The normalized spacial score (nSPS) is 16.7. The van der Waals surface area contributed by atoms with Crippen molar-refractivity contribution in [2.75, 3.05) is 13.7 Å². The van der Waals surface area contributed by atoms with Crippen LogP contribution in [-0.2, 0) is 20.9 Å². The van der Waals surface area contributed by atoms with Gasteiger partial charge in [-0.05, 0) is 49.6 Å². The molecule has 0 unspecified atom stereocenters. The molecule has 7 rings (SSSR count). The Morgan fingerprint density at radius 1 is 0.815 bits per heavy atom. The minimum atomic E-state index is -1.40. The maximum absolute atomic E-state index is 14.6. The van der Waals surface area contributed by atoms with Crippen LogP contribution in [0.5, 0.6) is 23.0 Å². The predicted octanol–water partition coefficient (Wildman–Crippen LogP) is 1.37. The molecule has 0 saturated carbocycles. The highest BCUT2D eigenvalue weighted by Gasteiger charge is 2.38. The van der Waals surface area contributed by atoms with Crippen LogP contribution < -0.4 is 37.3 Å². The molecule has 1 saturated heterocycles. The van der Waals surface area contributed by atoms with E-state index in [1.54, 1.807) is 6.92 Å². The maximum atomic E-state index is 14.6. The van der Waals surface area contributed by atoms with Gasteiger partial charge in [0.1, 0.15) is 41.6 Å². The lowest BCUT2D eigenvalue weighted by Gasteiger charge is -2.36. The van der Waals surface area contributed by atoms with Crippen LogP contribution in [0.25, 0.3) is 53.9 Å². The fraction of sp³-hybridized carbons (Fsp3) is 0.263. The van der Waals surface area contributed by atoms with Crippen molar-refractivity contribution < 1.29 is 39.5 Å². The summed E-state index contributed by atoms with van der Waals surface area (Å²) in [5, 5.41) is 41.9. The number of amides is 2. The second-order valence-electron chi connectivity index (χ2n) is 13.4. The van der Waals surface area contributed by atoms with Crippen molar-refractivity contribution in [3.8, 4) is 23.0 Å². The van der Waals surface area contributed by atoms with Gasteiger partial charge >= 0.3 is 5.97 Å². The number of benzene rings is 5. The van der Waals surface area contributed by atoms with Crippen LogP contribution in [-0.4, -0.2) is 73.4 Å². The molecule has 276 valence electrons. The van der Waals surface area contributed by atoms with Gasteiger partial charge in [-0.2, -0.15) is 0 Å². The van der Waals surface area contributed by atoms with Gasteiger partial charge in [-0.25, -0.2) is 4.79 Å². The van der Waals surface area contributed by atoms with E-state index in [1.807, 2.05) is 6.92 Å². The number of piperazine rings is 1. The van der Waals surface area contributed by atoms with Crippen molar-refractivity contribution in [1.82, 2.24) is 14.8 Å². The molecule has 5 N–H and O–H groups in total. The summed E-state index contributed by atoms with van der Waals surface area (Å²) in [5.74, 6) is -5.90. The Morgan fingerprint density at radius 2 is 1.39 bits per heavy atom. The molecular weight excluding hydrogens is 706 g/mol. The number of rotatable bonds is 6. The van der Waals surface area contributed by atoms with Gasteiger partial charge in [0.2, 0.25) is 17.2 Å². The van der Waals surface area contributed by atoms with E-state index in [-0.39, 0.29) is 27.6 Å². The van der Waals surface area contributed by atoms with Gasteiger partial charge in [0.15, 0.2) is 16.3 Å². The van der Waals surface area contributed by atoms with E-state index in [4.69, 9.17) is 4.74 Å². The summed E-state index contributed by atoms with van der Waals surface area (Å²) in [6.45, 7) is 3.85. The number of carbonyl (C=O) groups excluding carboxylic acids is 2. The van der Waals surface area contributed by atoms with E-state index in [0.29, 0.717) is 6.42 Å². The number of methoxy groups -OCH3 is 1. The van der Waals surface area contributed by atoms with Crippen molar-refractivity contribution in [3.63, 3.8) is 0 Å². The van der Waals surface area contributed by atoms with E-state index in [2.05, 4.69) is 5.32 Å². The van der Waals surface area contributed by atoms with E-state index in [9.17, 15) is 58.8 Å². The van der Waals surface area contributed by atoms with Crippen LogP contribution in [0.4, 0.5) is 0 Å². The number of nitrogens with zero attached hydrogens (tertiary/aromatic N) is 2. The molecule has 0 aliphatic carbocycles. The third kappa shape index (κ3) is 4.82. The molecule has 0 radical (unpaired) electrons. The van der Waals surface area contributed by atoms with E-state index in [0.717, 1.165) is 21.6 Å². The summed E-state index contributed by atoms with van der Waals surface area (Å²) in [6, 6.07) is 3.28. The molecule has 0 spiro atoms. The zero-order valence-electron chi connectivity index (χ0n) is 29.1. The van der Waals surface area contributed by atoms with Crippen LogP contribution >= 0.6 is 0 Å². The fourth-order valence-corrected chi connectivity index (χ4v) is 7.54. The zero-order valence-corrected chi connectivity index (χ0v) is 29.1. The van der Waals surface area contributed by atoms with E-state index in [1.165, 1.54) is 32.2 Å². The van der Waals surface area contributed by atoms with Crippen molar-refractivity contribution in [1.29, 1.82) is 0 Å². The van der Waals surface area contributed by atoms with Gasteiger partial charge in [0.25, 0.3) is 5.56 Å². The number of phenolic OH excluding ortho intramolecular Hbond substituents is 3. The number of hydrogen-bond acceptors (Lipinski definition) is 12. The van der Waals surface area contributed by atoms with Crippen molar-refractivity contribution in [2.45, 2.75) is 51.7 Å². The third-order valence-electron chi connectivity index (χ3n) is 10.5. The SMILES string of the molecule is CC[C@H](C)c1cc2c(O)c3ccc4c(OC)c5c(O)c6c(=O)ccc(=O)c6c(O)c5c(=O)c4c3c(=O)c2c(=O)n1CC(=O)N1C[C@@H](C(=O)O)NC(=O)[C@@H]1C. The highest BCUT2D eigenvalue weighted by atomic mass is 16.5. The molecular formula is C38H31N3O13. The highest BCUT2D eigenvalue weighted by Crippen LogP contribution is 2.46. The number of phenols is 3. The van der Waals surface area contributed by atoms with Crippen molar-refractivity contribution in [2.24, 2.45) is 0 Å². The summed E-state index contributed by atoms with van der Waals surface area (Å²) in [6.07, 6.45) is 0.447. The lowest BCUT2D eigenvalue weighted by atomic mass is 9.91. The fourth-order valence-electron chi connectivity index (χ4n) is 7.54. The first-order chi connectivity index (χ1) is 25.5. The molecule has 3 atom stereocenters. The lowest BCUT2D eigenvalue weighted by molar-refractivity contribution is -0.151. The summed E-state index contributed by atoms with van der Waals surface area (Å²) in [5.41, 5.74) is -4.62. The first-order valence-electron chi connectivity index (χ1n) is 16.8. The molecule has 1 fully saturated rings. The Hall–Kier alpha value is -6.84. The molecule has 1 aromatic heterocycles. The van der Waals surface area contributed by atoms with Crippen LogP contribution in [0.1, 0.15) is 38.8 Å². The number of aromatic hydroxyl groups is 3. The number of carbonyl (C=O) groups is 3. The Labute approximate surface area is 301 Å². The van der Waals surface area contributed by atoms with Crippen molar-refractivity contribution >= 4 is 71.6 Å². The molecule has 6 aromatic rings. The number of fused-ring (bicyclic) bond motifs is 6. The highest BCUT2D eigenvalue weighted by molar-refractivity contribution is 6.24. The first kappa shape index (κ1) is 35.6. The molecule has 2 heterocycles. The molecule has 5 aromatic carbocycles. The number of hydrogen-bond donors (Lipinski definition) is 5. The molecule has 16 heteroatoms. The Morgan fingerprint density at radius 3 is 1.98 bits per heavy atom. The predicted molar refractivity (Wildman–Crippen MR) is 197 cm³/mol. The third-order valence-corrected chi connectivity index (χ3v) is 10.5. The summed E-state index contributed by atoms with van der Waals surface area (Å²) in [4.78, 5) is 108. The summed E-state index contributed by atoms with van der Waals surface area (Å²) >= 11 is 0. The molecule has 0 bridgehead atoms. The van der Waals surface area contributed by atoms with Crippen LogP contribution in [0.3, 0.4) is 0 Å². The van der Waals surface area contributed by atoms with Crippen LogP contribution in [0.15, 0.2) is 54.3 Å². The molecule has 2 amide bonds. The maximum Gasteiger partial charge on any atom is 0.328 e. The monoisotopic (exact) mass is 737 g/mol.